The molecule has 4 atom stereocenters. The average molecular weight is 347 g/mol. The quantitative estimate of drug-likeness (QED) is 0.810. The summed E-state index contributed by atoms with van der Waals surface area (Å²) in [6, 6.07) is 0. The van der Waals surface area contributed by atoms with Crippen LogP contribution < -0.4 is 10.6 Å². The number of hydrogen-bond donors (Lipinski definition) is 2. The minimum absolute atomic E-state index is 0.192. The lowest BCUT2D eigenvalue weighted by molar-refractivity contribution is -0.156. The Kier molecular flexibility index (Phi) is 5.20. The van der Waals surface area contributed by atoms with E-state index in [1.165, 1.54) is 37.7 Å². The van der Waals surface area contributed by atoms with Crippen molar-refractivity contribution in [3.05, 3.63) is 11.6 Å². The fraction of sp³-hybridized carbons (Fsp3) is 0.864. The summed E-state index contributed by atoms with van der Waals surface area (Å²) in [6.45, 7) is 9.16. The van der Waals surface area contributed by atoms with Crippen molar-refractivity contribution in [3.8, 4) is 0 Å². The Balaban J connectivity index is 2.03. The predicted octanol–water partition coefficient (Wildman–Crippen LogP) is 3.94. The molecule has 142 valence electrons. The number of allylic oxidation sites excluding steroid dienone is 1. The van der Waals surface area contributed by atoms with E-state index in [0.717, 1.165) is 31.8 Å². The Morgan fingerprint density at radius 1 is 1.04 bits per heavy atom. The molecule has 0 radical (unpaired) electrons. The molecular formula is C22H38N2O. The van der Waals surface area contributed by atoms with E-state index < -0.39 is 0 Å². The molecule has 0 amide bonds. The Morgan fingerprint density at radius 3 is 2.48 bits per heavy atom. The van der Waals surface area contributed by atoms with Crippen LogP contribution in [0.1, 0.15) is 65.7 Å². The molecule has 0 aromatic carbocycles. The highest BCUT2D eigenvalue weighted by Crippen LogP contribution is 2.65. The second kappa shape index (κ2) is 6.81. The van der Waals surface area contributed by atoms with E-state index >= 15 is 0 Å². The minimum atomic E-state index is -0.192. The van der Waals surface area contributed by atoms with Crippen molar-refractivity contribution in [2.75, 3.05) is 27.2 Å². The van der Waals surface area contributed by atoms with Crippen LogP contribution in [0.25, 0.3) is 0 Å². The molecule has 0 spiro atoms. The van der Waals surface area contributed by atoms with E-state index in [9.17, 15) is 4.79 Å². The summed E-state index contributed by atoms with van der Waals surface area (Å²) in [6.07, 6.45) is 10.5. The minimum Gasteiger partial charge on any atom is -0.319 e. The molecule has 2 saturated carbocycles. The van der Waals surface area contributed by atoms with E-state index in [4.69, 9.17) is 0 Å². The molecule has 0 heterocycles. The first-order valence-corrected chi connectivity index (χ1v) is 10.3. The van der Waals surface area contributed by atoms with Gasteiger partial charge in [-0.05, 0) is 81.4 Å². The smallest absolute Gasteiger partial charge is 0.163 e. The van der Waals surface area contributed by atoms with Gasteiger partial charge < -0.3 is 10.6 Å². The number of nitrogens with one attached hydrogen (secondary N) is 2. The van der Waals surface area contributed by atoms with Crippen LogP contribution in [0.2, 0.25) is 0 Å². The lowest BCUT2D eigenvalue weighted by Crippen LogP contribution is -2.59. The molecule has 0 aromatic rings. The molecule has 3 aliphatic rings. The van der Waals surface area contributed by atoms with Crippen molar-refractivity contribution in [2.24, 2.45) is 28.1 Å². The molecule has 3 aliphatic carbocycles. The molecule has 3 rings (SSSR count). The zero-order chi connectivity index (χ0) is 18.3. The summed E-state index contributed by atoms with van der Waals surface area (Å²) in [5.41, 5.74) is 1.82. The lowest BCUT2D eigenvalue weighted by Gasteiger charge is -2.62. The number of rotatable bonds is 4. The Labute approximate surface area is 154 Å². The number of hydrogen-bond acceptors (Lipinski definition) is 3. The summed E-state index contributed by atoms with van der Waals surface area (Å²) in [4.78, 5) is 13.5. The van der Waals surface area contributed by atoms with Gasteiger partial charge in [-0.15, -0.1) is 0 Å². The van der Waals surface area contributed by atoms with Crippen LogP contribution in [0.15, 0.2) is 11.6 Å². The molecule has 2 N–H and O–H groups in total. The highest BCUT2D eigenvalue weighted by atomic mass is 16.1. The zero-order valence-corrected chi connectivity index (χ0v) is 17.0. The first-order valence-electron chi connectivity index (χ1n) is 10.3. The Morgan fingerprint density at radius 2 is 1.80 bits per heavy atom. The summed E-state index contributed by atoms with van der Waals surface area (Å²) in [7, 11) is 4.00. The maximum Gasteiger partial charge on any atom is 0.163 e. The van der Waals surface area contributed by atoms with E-state index in [-0.39, 0.29) is 5.41 Å². The van der Waals surface area contributed by atoms with E-state index in [2.05, 4.69) is 31.4 Å². The summed E-state index contributed by atoms with van der Waals surface area (Å²) >= 11 is 0. The van der Waals surface area contributed by atoms with Gasteiger partial charge in [0, 0.05) is 18.5 Å². The third-order valence-corrected chi connectivity index (χ3v) is 8.09. The van der Waals surface area contributed by atoms with Crippen molar-refractivity contribution in [2.45, 2.75) is 65.7 Å². The van der Waals surface area contributed by atoms with Crippen molar-refractivity contribution < 1.29 is 4.79 Å². The molecular weight excluding hydrogens is 308 g/mol. The first kappa shape index (κ1) is 19.1. The Bertz CT molecular complexity index is 552. The molecule has 0 aromatic heterocycles. The fourth-order valence-electron chi connectivity index (χ4n) is 7.12. The monoisotopic (exact) mass is 346 g/mol. The van der Waals surface area contributed by atoms with Gasteiger partial charge in [0.25, 0.3) is 0 Å². The zero-order valence-electron chi connectivity index (χ0n) is 17.0. The fourth-order valence-corrected chi connectivity index (χ4v) is 7.12. The molecule has 0 saturated heterocycles. The van der Waals surface area contributed by atoms with Crippen LogP contribution in [0.3, 0.4) is 0 Å². The molecule has 3 nitrogen and oxygen atoms in total. The second-order valence-corrected chi connectivity index (χ2v) is 9.91. The molecule has 25 heavy (non-hydrogen) atoms. The van der Waals surface area contributed by atoms with Gasteiger partial charge in [-0.25, -0.2) is 0 Å². The highest BCUT2D eigenvalue weighted by Gasteiger charge is 2.61. The average Bonchev–Trinajstić information content (AvgIpc) is 2.66. The lowest BCUT2D eigenvalue weighted by atomic mass is 9.42. The third kappa shape index (κ3) is 3.02. The van der Waals surface area contributed by atoms with Crippen LogP contribution >= 0.6 is 0 Å². The molecule has 3 heteroatoms. The van der Waals surface area contributed by atoms with E-state index in [1.807, 2.05) is 20.2 Å². The molecule has 0 aliphatic heterocycles. The molecule has 4 unspecified atom stereocenters. The second-order valence-electron chi connectivity index (χ2n) is 9.91. The summed E-state index contributed by atoms with van der Waals surface area (Å²) in [5, 5.41) is 6.65. The summed E-state index contributed by atoms with van der Waals surface area (Å²) in [5.74, 6) is 1.66. The van der Waals surface area contributed by atoms with Crippen molar-refractivity contribution in [1.29, 1.82) is 0 Å². The maximum atomic E-state index is 13.5. The van der Waals surface area contributed by atoms with Gasteiger partial charge in [0.2, 0.25) is 0 Å². The van der Waals surface area contributed by atoms with Crippen LogP contribution in [-0.4, -0.2) is 33.0 Å². The van der Waals surface area contributed by atoms with Gasteiger partial charge in [0.1, 0.15) is 0 Å². The number of carbonyl (C=O) groups excluding carboxylic acids is 1. The SMILES string of the molecule is CNCC1=CC(=O)C2(CNC)CCC3C(C)(C)CCCC3(C)C2CC1. The topological polar surface area (TPSA) is 41.1 Å². The van der Waals surface area contributed by atoms with E-state index in [0.29, 0.717) is 22.5 Å². The number of likely N-dealkylation sites (N-methyl/N-ethyl adjacent to an activating group) is 1. The standard InChI is InChI=1S/C22H38N2O/c1-20(2)10-6-11-21(3)17(20)9-12-22(15-24-5)18(21)8-7-16(14-23-4)13-19(22)25/h13,17-18,23-24H,6-12,14-15H2,1-5H3. The third-order valence-electron chi connectivity index (χ3n) is 8.09. The molecule has 2 fully saturated rings. The number of ketones is 1. The number of carbonyl (C=O) groups is 1. The maximum absolute atomic E-state index is 13.5. The van der Waals surface area contributed by atoms with Gasteiger partial charge >= 0.3 is 0 Å². The van der Waals surface area contributed by atoms with Crippen molar-refractivity contribution >= 4 is 5.78 Å². The van der Waals surface area contributed by atoms with Gasteiger partial charge in [-0.2, -0.15) is 0 Å². The van der Waals surface area contributed by atoms with Crippen molar-refractivity contribution in [1.82, 2.24) is 10.6 Å². The largest absolute Gasteiger partial charge is 0.319 e. The summed E-state index contributed by atoms with van der Waals surface area (Å²) < 4.78 is 0. The Hall–Kier alpha value is -0.670. The first-order chi connectivity index (χ1) is 11.8. The predicted molar refractivity (Wildman–Crippen MR) is 105 cm³/mol. The van der Waals surface area contributed by atoms with Gasteiger partial charge in [0.15, 0.2) is 5.78 Å². The van der Waals surface area contributed by atoms with Crippen LogP contribution in [0.5, 0.6) is 0 Å². The van der Waals surface area contributed by atoms with Crippen LogP contribution in [0.4, 0.5) is 0 Å². The van der Waals surface area contributed by atoms with Crippen LogP contribution in [-0.2, 0) is 4.79 Å². The van der Waals surface area contributed by atoms with Gasteiger partial charge in [-0.3, -0.25) is 4.79 Å². The number of fused-ring (bicyclic) bond motifs is 3. The highest BCUT2D eigenvalue weighted by molar-refractivity contribution is 5.96. The van der Waals surface area contributed by atoms with Crippen molar-refractivity contribution in [3.63, 3.8) is 0 Å². The van der Waals surface area contributed by atoms with E-state index in [1.54, 1.807) is 0 Å². The van der Waals surface area contributed by atoms with Crippen LogP contribution in [0, 0.1) is 28.1 Å². The van der Waals surface area contributed by atoms with Gasteiger partial charge in [0.05, 0.1) is 0 Å². The normalized spacial score (nSPS) is 40.7. The molecule has 0 bridgehead atoms. The van der Waals surface area contributed by atoms with Gasteiger partial charge in [-0.1, -0.05) is 32.8 Å².